The first-order chi connectivity index (χ1) is 10.7. The maximum atomic E-state index is 12.7. The fourth-order valence-electron chi connectivity index (χ4n) is 3.22. The largest absolute Gasteiger partial charge is 0.399 e. The molecule has 0 spiro atoms. The van der Waals surface area contributed by atoms with Crippen LogP contribution in [0.2, 0.25) is 0 Å². The third-order valence-corrected chi connectivity index (χ3v) is 4.32. The van der Waals surface area contributed by atoms with Crippen molar-refractivity contribution in [3.8, 4) is 0 Å². The topological polar surface area (TPSA) is 62.1 Å². The fourth-order valence-corrected chi connectivity index (χ4v) is 3.22. The van der Waals surface area contributed by atoms with Crippen molar-refractivity contribution in [3.05, 3.63) is 59.8 Å². The molecule has 0 aliphatic carbocycles. The van der Waals surface area contributed by atoms with Crippen molar-refractivity contribution in [3.63, 3.8) is 0 Å². The molecule has 0 saturated carbocycles. The second-order valence-corrected chi connectivity index (χ2v) is 5.72. The molecule has 0 radical (unpaired) electrons. The van der Waals surface area contributed by atoms with Crippen molar-refractivity contribution in [1.82, 2.24) is 4.98 Å². The Morgan fingerprint density at radius 2 is 2.09 bits per heavy atom. The maximum absolute atomic E-state index is 12.7. The van der Waals surface area contributed by atoms with Crippen LogP contribution < -0.4 is 10.6 Å². The molecule has 2 heterocycles. The van der Waals surface area contributed by atoms with Crippen LogP contribution in [0.4, 0.5) is 11.4 Å². The molecule has 1 aliphatic heterocycles. The Bertz CT molecular complexity index is 866. The number of nitrogens with one attached hydrogen (secondary N) is 1. The van der Waals surface area contributed by atoms with E-state index in [0.717, 1.165) is 46.4 Å². The Labute approximate surface area is 128 Å². The molecule has 0 atom stereocenters. The molecule has 3 aromatic rings. The van der Waals surface area contributed by atoms with Gasteiger partial charge in [-0.05, 0) is 41.8 Å². The van der Waals surface area contributed by atoms with E-state index in [9.17, 15) is 4.79 Å². The summed E-state index contributed by atoms with van der Waals surface area (Å²) in [5.41, 5.74) is 10.8. The number of amides is 1. The van der Waals surface area contributed by atoms with Crippen molar-refractivity contribution in [2.45, 2.75) is 12.8 Å². The Morgan fingerprint density at radius 1 is 1.23 bits per heavy atom. The maximum Gasteiger partial charge on any atom is 0.231 e. The molecule has 0 saturated heterocycles. The molecule has 22 heavy (non-hydrogen) atoms. The van der Waals surface area contributed by atoms with Gasteiger partial charge in [-0.25, -0.2) is 0 Å². The zero-order valence-electron chi connectivity index (χ0n) is 12.2. The van der Waals surface area contributed by atoms with Crippen molar-refractivity contribution >= 4 is 28.2 Å². The van der Waals surface area contributed by atoms with Gasteiger partial charge in [0.15, 0.2) is 0 Å². The summed E-state index contributed by atoms with van der Waals surface area (Å²) in [6.07, 6.45) is 3.22. The van der Waals surface area contributed by atoms with Crippen LogP contribution in [0, 0.1) is 0 Å². The van der Waals surface area contributed by atoms with Crippen molar-refractivity contribution < 1.29 is 4.79 Å². The van der Waals surface area contributed by atoms with Gasteiger partial charge in [-0.15, -0.1) is 0 Å². The van der Waals surface area contributed by atoms with Gasteiger partial charge in [-0.1, -0.05) is 18.2 Å². The van der Waals surface area contributed by atoms with Crippen molar-refractivity contribution in [2.75, 3.05) is 17.2 Å². The van der Waals surface area contributed by atoms with Crippen LogP contribution in [0.15, 0.2) is 48.7 Å². The number of anilines is 2. The molecule has 1 amide bonds. The van der Waals surface area contributed by atoms with Gasteiger partial charge in [0.05, 0.1) is 6.42 Å². The molecule has 1 aromatic heterocycles. The fraction of sp³-hybridized carbons (Fsp3) is 0.167. The van der Waals surface area contributed by atoms with Crippen LogP contribution in [-0.2, 0) is 17.6 Å². The summed E-state index contributed by atoms with van der Waals surface area (Å²) in [7, 11) is 0. The Morgan fingerprint density at radius 3 is 3.00 bits per heavy atom. The highest BCUT2D eigenvalue weighted by Gasteiger charge is 2.25. The minimum absolute atomic E-state index is 0.133. The lowest BCUT2D eigenvalue weighted by atomic mass is 10.1. The average molecular weight is 291 g/mol. The van der Waals surface area contributed by atoms with Gasteiger partial charge in [0.2, 0.25) is 5.91 Å². The van der Waals surface area contributed by atoms with Gasteiger partial charge in [0.1, 0.15) is 0 Å². The number of nitrogen functional groups attached to an aromatic ring is 1. The molecule has 0 bridgehead atoms. The molecule has 0 fully saturated rings. The summed E-state index contributed by atoms with van der Waals surface area (Å²) in [5.74, 6) is 0.133. The first kappa shape index (κ1) is 13.0. The zero-order chi connectivity index (χ0) is 15.1. The second-order valence-electron chi connectivity index (χ2n) is 5.72. The van der Waals surface area contributed by atoms with Gasteiger partial charge in [0, 0.05) is 35.0 Å². The van der Waals surface area contributed by atoms with E-state index in [1.807, 2.05) is 53.6 Å². The SMILES string of the molecule is Nc1ccc2c(c1)CCN2C(=O)Cc1c[nH]c2ccccc12. The normalized spacial score (nSPS) is 13.5. The molecule has 110 valence electrons. The van der Waals surface area contributed by atoms with Crippen molar-refractivity contribution in [1.29, 1.82) is 0 Å². The van der Waals surface area contributed by atoms with Crippen molar-refractivity contribution in [2.24, 2.45) is 0 Å². The number of aromatic nitrogens is 1. The predicted molar refractivity (Wildman–Crippen MR) is 88.9 cm³/mol. The number of hydrogen-bond donors (Lipinski definition) is 2. The van der Waals surface area contributed by atoms with Crippen LogP contribution in [0.25, 0.3) is 10.9 Å². The van der Waals surface area contributed by atoms with E-state index in [0.29, 0.717) is 6.42 Å². The van der Waals surface area contributed by atoms with E-state index >= 15 is 0 Å². The molecular formula is C18H17N3O. The number of hydrogen-bond acceptors (Lipinski definition) is 2. The number of fused-ring (bicyclic) bond motifs is 2. The number of carbonyl (C=O) groups is 1. The van der Waals surface area contributed by atoms with Crippen LogP contribution in [0.3, 0.4) is 0 Å². The summed E-state index contributed by atoms with van der Waals surface area (Å²) >= 11 is 0. The summed E-state index contributed by atoms with van der Waals surface area (Å²) in [5, 5.41) is 1.12. The summed E-state index contributed by atoms with van der Waals surface area (Å²) < 4.78 is 0. The number of nitrogens with zero attached hydrogens (tertiary/aromatic N) is 1. The Kier molecular flexibility index (Phi) is 2.89. The summed E-state index contributed by atoms with van der Waals surface area (Å²) in [6, 6.07) is 13.8. The number of nitrogens with two attached hydrogens (primary N) is 1. The summed E-state index contributed by atoms with van der Waals surface area (Å²) in [4.78, 5) is 17.8. The van der Waals surface area contributed by atoms with E-state index in [-0.39, 0.29) is 5.91 Å². The van der Waals surface area contributed by atoms with Gasteiger partial charge in [-0.2, -0.15) is 0 Å². The zero-order valence-corrected chi connectivity index (χ0v) is 12.2. The number of carbonyl (C=O) groups excluding carboxylic acids is 1. The van der Waals surface area contributed by atoms with Crippen LogP contribution in [-0.4, -0.2) is 17.4 Å². The standard InChI is InChI=1S/C18H17N3O/c19-14-5-6-17-12(9-14)7-8-21(17)18(22)10-13-11-20-16-4-2-1-3-15(13)16/h1-6,9,11,20H,7-8,10,19H2. The number of aromatic amines is 1. The molecular weight excluding hydrogens is 274 g/mol. The predicted octanol–water partition coefficient (Wildman–Crippen LogP) is 2.88. The molecule has 0 unspecified atom stereocenters. The lowest BCUT2D eigenvalue weighted by Gasteiger charge is -2.17. The Balaban J connectivity index is 1.62. The third-order valence-electron chi connectivity index (χ3n) is 4.32. The minimum Gasteiger partial charge on any atom is -0.399 e. The quantitative estimate of drug-likeness (QED) is 0.713. The van der Waals surface area contributed by atoms with Gasteiger partial charge in [-0.3, -0.25) is 4.79 Å². The van der Waals surface area contributed by atoms with Crippen LogP contribution in [0.5, 0.6) is 0 Å². The molecule has 4 heteroatoms. The second kappa shape index (κ2) is 4.91. The van der Waals surface area contributed by atoms with Crippen LogP contribution in [0.1, 0.15) is 11.1 Å². The monoisotopic (exact) mass is 291 g/mol. The van der Waals surface area contributed by atoms with Gasteiger partial charge >= 0.3 is 0 Å². The number of benzene rings is 2. The highest BCUT2D eigenvalue weighted by molar-refractivity contribution is 5.99. The van der Waals surface area contributed by atoms with Crippen LogP contribution >= 0.6 is 0 Å². The Hall–Kier alpha value is -2.75. The van der Waals surface area contributed by atoms with E-state index in [2.05, 4.69) is 4.98 Å². The molecule has 4 nitrogen and oxygen atoms in total. The van der Waals surface area contributed by atoms with E-state index < -0.39 is 0 Å². The summed E-state index contributed by atoms with van der Waals surface area (Å²) in [6.45, 7) is 0.736. The number of para-hydroxylation sites is 1. The van der Waals surface area contributed by atoms with E-state index in [1.165, 1.54) is 0 Å². The molecule has 3 N–H and O–H groups in total. The highest BCUT2D eigenvalue weighted by Crippen LogP contribution is 2.30. The van der Waals surface area contributed by atoms with E-state index in [1.54, 1.807) is 0 Å². The highest BCUT2D eigenvalue weighted by atomic mass is 16.2. The minimum atomic E-state index is 0.133. The van der Waals surface area contributed by atoms with Gasteiger partial charge < -0.3 is 15.6 Å². The lowest BCUT2D eigenvalue weighted by molar-refractivity contribution is -0.117. The smallest absolute Gasteiger partial charge is 0.231 e. The number of rotatable bonds is 2. The first-order valence-corrected chi connectivity index (χ1v) is 7.46. The third kappa shape index (κ3) is 2.04. The lowest BCUT2D eigenvalue weighted by Crippen LogP contribution is -2.30. The molecule has 1 aliphatic rings. The first-order valence-electron chi connectivity index (χ1n) is 7.46. The van der Waals surface area contributed by atoms with Gasteiger partial charge in [0.25, 0.3) is 0 Å². The molecule has 2 aromatic carbocycles. The molecule has 4 rings (SSSR count). The van der Waals surface area contributed by atoms with E-state index in [4.69, 9.17) is 5.73 Å². The number of H-pyrrole nitrogens is 1. The average Bonchev–Trinajstić information content (AvgIpc) is 3.11.